The van der Waals surface area contributed by atoms with Crippen LogP contribution in [-0.4, -0.2) is 26.6 Å². The molecule has 3 aromatic carbocycles. The molecule has 2 N–H and O–H groups in total. The summed E-state index contributed by atoms with van der Waals surface area (Å²) in [5.74, 6) is -0.0695. The highest BCUT2D eigenvalue weighted by Crippen LogP contribution is 2.47. The number of sulfonamides is 1. The molecule has 1 aliphatic rings. The number of hydrogen-bond donors (Lipinski definition) is 2. The average molecular weight is 482 g/mol. The van der Waals surface area contributed by atoms with Gasteiger partial charge in [-0.25, -0.2) is 8.42 Å². The molecule has 172 valence electrons. The van der Waals surface area contributed by atoms with Crippen molar-refractivity contribution in [2.75, 3.05) is 27.2 Å². The first kappa shape index (κ1) is 23.2. The first-order valence-corrected chi connectivity index (χ1v) is 13.4. The molecular formula is C25H27N3O3S2. The molecule has 3 aromatic rings. The van der Waals surface area contributed by atoms with E-state index in [1.807, 2.05) is 31.2 Å². The Hall–Kier alpha value is -2.97. The summed E-state index contributed by atoms with van der Waals surface area (Å²) in [6.45, 7) is 4.15. The number of nitrogens with zero attached hydrogens (tertiary/aromatic N) is 1. The van der Waals surface area contributed by atoms with Crippen molar-refractivity contribution in [2.24, 2.45) is 0 Å². The van der Waals surface area contributed by atoms with E-state index in [9.17, 15) is 13.2 Å². The summed E-state index contributed by atoms with van der Waals surface area (Å²) in [5, 5.41) is 2.95. The van der Waals surface area contributed by atoms with Crippen LogP contribution in [0.4, 0.5) is 22.7 Å². The number of anilines is 4. The van der Waals surface area contributed by atoms with Gasteiger partial charge in [-0.15, -0.1) is 0 Å². The fourth-order valence-electron chi connectivity index (χ4n) is 3.82. The standard InChI is InChI=1S/C25H27N3O3S2/c1-3-17-33(30,31)27-20-10-8-9-19(18(20)2)26-25(29)15-16-28-21-11-4-6-13-23(21)32-24-14-7-5-12-22(24)28/h4-14,27H,3,15-17H2,1-2H3,(H,26,29). The van der Waals surface area contributed by atoms with Gasteiger partial charge in [0.25, 0.3) is 0 Å². The SMILES string of the molecule is CCCS(=O)(=O)Nc1cccc(NC(=O)CCN2c3ccccc3Sc3ccccc32)c1C. The Kier molecular flexibility index (Phi) is 6.95. The topological polar surface area (TPSA) is 78.5 Å². The minimum absolute atomic E-state index is 0.0557. The lowest BCUT2D eigenvalue weighted by atomic mass is 10.1. The van der Waals surface area contributed by atoms with Gasteiger partial charge in [0, 0.05) is 28.4 Å². The average Bonchev–Trinajstić information content (AvgIpc) is 2.79. The lowest BCUT2D eigenvalue weighted by Crippen LogP contribution is -2.26. The van der Waals surface area contributed by atoms with Gasteiger partial charge < -0.3 is 10.2 Å². The number of fused-ring (bicyclic) bond motifs is 2. The van der Waals surface area contributed by atoms with Crippen LogP contribution in [-0.2, 0) is 14.8 Å². The summed E-state index contributed by atoms with van der Waals surface area (Å²) in [6, 6.07) is 21.6. The summed E-state index contributed by atoms with van der Waals surface area (Å²) >= 11 is 1.74. The molecule has 0 radical (unpaired) electrons. The number of nitrogens with one attached hydrogen (secondary N) is 2. The first-order valence-electron chi connectivity index (χ1n) is 10.9. The van der Waals surface area contributed by atoms with E-state index in [2.05, 4.69) is 39.2 Å². The lowest BCUT2D eigenvalue weighted by molar-refractivity contribution is -0.116. The Bertz CT molecular complexity index is 1230. The van der Waals surface area contributed by atoms with Crippen LogP contribution in [0, 0.1) is 6.92 Å². The quantitative estimate of drug-likeness (QED) is 0.426. The smallest absolute Gasteiger partial charge is 0.232 e. The normalized spacial score (nSPS) is 12.6. The van der Waals surface area contributed by atoms with E-state index in [0.717, 1.165) is 11.4 Å². The van der Waals surface area contributed by atoms with Crippen LogP contribution in [0.5, 0.6) is 0 Å². The van der Waals surface area contributed by atoms with Crippen LogP contribution in [0.2, 0.25) is 0 Å². The minimum atomic E-state index is -3.41. The zero-order chi connectivity index (χ0) is 23.4. The van der Waals surface area contributed by atoms with Crippen molar-refractivity contribution in [1.82, 2.24) is 0 Å². The molecular weight excluding hydrogens is 454 g/mol. The van der Waals surface area contributed by atoms with Gasteiger partial charge in [0.2, 0.25) is 15.9 Å². The molecule has 0 aliphatic carbocycles. The maximum absolute atomic E-state index is 12.8. The Labute approximate surface area is 199 Å². The number of amides is 1. The van der Waals surface area contributed by atoms with E-state index in [0.29, 0.717) is 36.3 Å². The highest BCUT2D eigenvalue weighted by Gasteiger charge is 2.23. The van der Waals surface area contributed by atoms with Crippen molar-refractivity contribution in [3.63, 3.8) is 0 Å². The third kappa shape index (κ3) is 5.34. The first-order chi connectivity index (χ1) is 15.9. The number of benzene rings is 3. The third-order valence-electron chi connectivity index (χ3n) is 5.44. The predicted molar refractivity (Wildman–Crippen MR) is 136 cm³/mol. The zero-order valence-electron chi connectivity index (χ0n) is 18.7. The van der Waals surface area contributed by atoms with Gasteiger partial charge >= 0.3 is 0 Å². The monoisotopic (exact) mass is 481 g/mol. The molecule has 33 heavy (non-hydrogen) atoms. The molecule has 0 aromatic heterocycles. The molecule has 6 nitrogen and oxygen atoms in total. The van der Waals surface area contributed by atoms with Crippen molar-refractivity contribution in [2.45, 2.75) is 36.5 Å². The molecule has 0 fully saturated rings. The van der Waals surface area contributed by atoms with Crippen LogP contribution in [0.1, 0.15) is 25.3 Å². The molecule has 8 heteroatoms. The molecule has 0 bridgehead atoms. The maximum atomic E-state index is 12.8. The Morgan fingerprint density at radius 1 is 0.909 bits per heavy atom. The van der Waals surface area contributed by atoms with Crippen LogP contribution >= 0.6 is 11.8 Å². The maximum Gasteiger partial charge on any atom is 0.232 e. The number of para-hydroxylation sites is 2. The van der Waals surface area contributed by atoms with Gasteiger partial charge in [0.15, 0.2) is 0 Å². The van der Waals surface area contributed by atoms with Crippen molar-refractivity contribution >= 4 is 50.4 Å². The van der Waals surface area contributed by atoms with Crippen LogP contribution in [0.25, 0.3) is 0 Å². The van der Waals surface area contributed by atoms with Crippen molar-refractivity contribution in [3.8, 4) is 0 Å². The van der Waals surface area contributed by atoms with E-state index in [-0.39, 0.29) is 11.7 Å². The van der Waals surface area contributed by atoms with Gasteiger partial charge in [-0.3, -0.25) is 9.52 Å². The predicted octanol–water partition coefficient (Wildman–Crippen LogP) is 5.78. The molecule has 1 aliphatic heterocycles. The van der Waals surface area contributed by atoms with Crippen LogP contribution in [0.15, 0.2) is 76.5 Å². The number of carbonyl (C=O) groups is 1. The number of carbonyl (C=O) groups excluding carboxylic acids is 1. The van der Waals surface area contributed by atoms with Gasteiger partial charge in [-0.2, -0.15) is 0 Å². The molecule has 0 saturated carbocycles. The molecule has 0 spiro atoms. The molecule has 4 rings (SSSR count). The van der Waals surface area contributed by atoms with E-state index in [1.54, 1.807) is 36.9 Å². The fourth-order valence-corrected chi connectivity index (χ4v) is 6.11. The highest BCUT2D eigenvalue weighted by molar-refractivity contribution is 7.99. The van der Waals surface area contributed by atoms with E-state index in [1.165, 1.54) is 9.79 Å². The van der Waals surface area contributed by atoms with Crippen molar-refractivity contribution < 1.29 is 13.2 Å². The third-order valence-corrected chi connectivity index (χ3v) is 8.05. The van der Waals surface area contributed by atoms with Gasteiger partial charge in [-0.1, -0.05) is 49.0 Å². The van der Waals surface area contributed by atoms with Crippen molar-refractivity contribution in [3.05, 3.63) is 72.3 Å². The highest BCUT2D eigenvalue weighted by atomic mass is 32.2. The molecule has 0 atom stereocenters. The second-order valence-corrected chi connectivity index (χ2v) is 10.8. The molecule has 0 saturated heterocycles. The second-order valence-electron chi connectivity index (χ2n) is 7.89. The van der Waals surface area contributed by atoms with Crippen LogP contribution in [0.3, 0.4) is 0 Å². The second kappa shape index (κ2) is 9.89. The van der Waals surface area contributed by atoms with E-state index < -0.39 is 10.0 Å². The van der Waals surface area contributed by atoms with Crippen LogP contribution < -0.4 is 14.9 Å². The fraction of sp³-hybridized carbons (Fsp3) is 0.240. The summed E-state index contributed by atoms with van der Waals surface area (Å²) in [6.07, 6.45) is 0.824. The van der Waals surface area contributed by atoms with E-state index >= 15 is 0 Å². The van der Waals surface area contributed by atoms with Gasteiger partial charge in [0.05, 0.1) is 22.8 Å². The lowest BCUT2D eigenvalue weighted by Gasteiger charge is -2.32. The Morgan fingerprint density at radius 3 is 2.15 bits per heavy atom. The zero-order valence-corrected chi connectivity index (χ0v) is 20.3. The minimum Gasteiger partial charge on any atom is -0.339 e. The Balaban J connectivity index is 1.48. The summed E-state index contributed by atoms with van der Waals surface area (Å²) in [5.41, 5.74) is 3.97. The number of rotatable bonds is 8. The summed E-state index contributed by atoms with van der Waals surface area (Å²) in [4.78, 5) is 17.4. The molecule has 1 heterocycles. The molecule has 0 unspecified atom stereocenters. The van der Waals surface area contributed by atoms with Gasteiger partial charge in [-0.05, 0) is 55.3 Å². The van der Waals surface area contributed by atoms with Crippen molar-refractivity contribution in [1.29, 1.82) is 0 Å². The summed E-state index contributed by atoms with van der Waals surface area (Å²) in [7, 11) is -3.41. The summed E-state index contributed by atoms with van der Waals surface area (Å²) < 4.78 is 26.9. The van der Waals surface area contributed by atoms with Gasteiger partial charge in [0.1, 0.15) is 0 Å². The van der Waals surface area contributed by atoms with E-state index in [4.69, 9.17) is 0 Å². The Morgan fingerprint density at radius 2 is 1.52 bits per heavy atom. The molecule has 1 amide bonds. The number of hydrogen-bond acceptors (Lipinski definition) is 5. The largest absolute Gasteiger partial charge is 0.339 e.